The molecule has 0 unspecified atom stereocenters. The van der Waals surface area contributed by atoms with Gasteiger partial charge in [-0.15, -0.1) is 0 Å². The van der Waals surface area contributed by atoms with Gasteiger partial charge < -0.3 is 30.0 Å². The molecule has 1 aliphatic rings. The number of aromatic nitrogens is 3. The highest BCUT2D eigenvalue weighted by Crippen LogP contribution is 2.38. The Hall–Kier alpha value is -3.84. The van der Waals surface area contributed by atoms with Crippen LogP contribution in [-0.2, 0) is 14.6 Å². The van der Waals surface area contributed by atoms with E-state index in [1.807, 2.05) is 13.8 Å². The maximum absolute atomic E-state index is 12.2. The van der Waals surface area contributed by atoms with Crippen molar-refractivity contribution in [3.63, 3.8) is 0 Å². The first-order valence-electron chi connectivity index (χ1n) is 11.2. The van der Waals surface area contributed by atoms with Crippen LogP contribution in [0.2, 0.25) is 0 Å². The zero-order chi connectivity index (χ0) is 27.9. The van der Waals surface area contributed by atoms with Gasteiger partial charge in [-0.3, -0.25) is 4.79 Å². The van der Waals surface area contributed by atoms with Crippen LogP contribution in [0.4, 0.5) is 17.3 Å². The van der Waals surface area contributed by atoms with Crippen molar-refractivity contribution < 1.29 is 32.5 Å². The summed E-state index contributed by atoms with van der Waals surface area (Å²) in [6.07, 6.45) is 2.42. The van der Waals surface area contributed by atoms with Gasteiger partial charge in [-0.25, -0.2) is 23.4 Å². The van der Waals surface area contributed by atoms with Crippen LogP contribution in [-0.4, -0.2) is 74.1 Å². The molecular formula is C23H23B2N5O7S. The number of hydrogen-bond acceptors (Lipinski definition) is 11. The van der Waals surface area contributed by atoms with Gasteiger partial charge in [0.05, 0.1) is 11.4 Å². The van der Waals surface area contributed by atoms with Crippen molar-refractivity contribution >= 4 is 48.8 Å². The summed E-state index contributed by atoms with van der Waals surface area (Å²) in [4.78, 5) is 24.6. The number of hydrogen-bond donors (Lipinski definition) is 3. The SMILES string of the molecule is [B]C([B])(O)Oc1cc(Nc2cc(NC(C)=O)ncc2-c2ccc3c(n2)OC(C)(C)CO3)nc(S(C)(=O)=O)c1. The Morgan fingerprint density at radius 2 is 1.92 bits per heavy atom. The van der Waals surface area contributed by atoms with E-state index >= 15 is 0 Å². The summed E-state index contributed by atoms with van der Waals surface area (Å²) < 4.78 is 41.2. The number of sulfone groups is 1. The van der Waals surface area contributed by atoms with Crippen molar-refractivity contribution in [3.8, 4) is 28.6 Å². The number of amides is 1. The molecule has 4 rings (SSSR count). The number of nitrogens with one attached hydrogen (secondary N) is 2. The lowest BCUT2D eigenvalue weighted by Gasteiger charge is -2.31. The Labute approximate surface area is 221 Å². The first kappa shape index (κ1) is 27.2. The van der Waals surface area contributed by atoms with Crippen LogP contribution in [0, 0.1) is 0 Å². The van der Waals surface area contributed by atoms with Crippen LogP contribution >= 0.6 is 0 Å². The molecule has 3 N–H and O–H groups in total. The Balaban J connectivity index is 1.81. The van der Waals surface area contributed by atoms with Crippen LogP contribution < -0.4 is 24.8 Å². The average Bonchev–Trinajstić information content (AvgIpc) is 2.76. The van der Waals surface area contributed by atoms with Gasteiger partial charge in [-0.1, -0.05) is 0 Å². The third kappa shape index (κ3) is 6.72. The molecule has 4 heterocycles. The predicted molar refractivity (Wildman–Crippen MR) is 140 cm³/mol. The minimum atomic E-state index is -3.81. The number of anilines is 3. The molecular weight excluding hydrogens is 512 g/mol. The maximum Gasteiger partial charge on any atom is 0.258 e. The second kappa shape index (κ2) is 9.80. The molecule has 38 heavy (non-hydrogen) atoms. The fourth-order valence-electron chi connectivity index (χ4n) is 3.44. The van der Waals surface area contributed by atoms with Crippen molar-refractivity contribution in [2.75, 3.05) is 23.5 Å². The molecule has 4 radical (unpaired) electrons. The standard InChI is InChI=1S/C23H23B2N5O7S/c1-12(31)27-18-9-16(28-19-7-13(36-23(24,25)32)8-20(30-19)38(4,33)34)14(10-26-18)15-5-6-17-21(29-15)37-22(2,3)11-35-17/h5-10,32H,11H2,1-4H3,(H2,26,27,28,30,31). The molecule has 0 bridgehead atoms. The maximum atomic E-state index is 12.2. The number of carbonyl (C=O) groups excluding carboxylic acids is 1. The molecule has 3 aromatic heterocycles. The second-order valence-corrected chi connectivity index (χ2v) is 11.2. The van der Waals surface area contributed by atoms with Crippen molar-refractivity contribution in [1.29, 1.82) is 0 Å². The fraction of sp³-hybridized carbons (Fsp3) is 0.304. The van der Waals surface area contributed by atoms with E-state index in [-0.39, 0.29) is 34.2 Å². The summed E-state index contributed by atoms with van der Waals surface area (Å²) in [7, 11) is 6.81. The molecule has 1 aliphatic heterocycles. The van der Waals surface area contributed by atoms with E-state index in [2.05, 4.69) is 25.6 Å². The number of nitrogens with zero attached hydrogens (tertiary/aromatic N) is 3. The highest BCUT2D eigenvalue weighted by Gasteiger charge is 2.29. The van der Waals surface area contributed by atoms with Crippen molar-refractivity contribution in [2.24, 2.45) is 0 Å². The van der Waals surface area contributed by atoms with Crippen LogP contribution in [0.5, 0.6) is 17.4 Å². The van der Waals surface area contributed by atoms with E-state index in [4.69, 9.17) is 29.9 Å². The lowest BCUT2D eigenvalue weighted by molar-refractivity contribution is -0.114. The molecule has 0 aromatic carbocycles. The summed E-state index contributed by atoms with van der Waals surface area (Å²) in [5.41, 5.74) is -1.93. The van der Waals surface area contributed by atoms with Gasteiger partial charge in [-0.2, -0.15) is 0 Å². The van der Waals surface area contributed by atoms with E-state index < -0.39 is 21.0 Å². The van der Waals surface area contributed by atoms with Gasteiger partial charge in [0.1, 0.15) is 35.2 Å². The molecule has 0 fully saturated rings. The van der Waals surface area contributed by atoms with E-state index in [0.29, 0.717) is 29.3 Å². The average molecular weight is 535 g/mol. The smallest absolute Gasteiger partial charge is 0.258 e. The highest BCUT2D eigenvalue weighted by molar-refractivity contribution is 7.90. The highest BCUT2D eigenvalue weighted by atomic mass is 32.2. The normalized spacial score (nSPS) is 14.4. The van der Waals surface area contributed by atoms with Crippen LogP contribution in [0.1, 0.15) is 20.8 Å². The number of ether oxygens (including phenoxy) is 3. The first-order valence-corrected chi connectivity index (χ1v) is 13.1. The summed E-state index contributed by atoms with van der Waals surface area (Å²) in [6, 6.07) is 7.25. The first-order chi connectivity index (χ1) is 17.6. The minimum absolute atomic E-state index is 0.00734. The van der Waals surface area contributed by atoms with Crippen LogP contribution in [0.15, 0.2) is 41.6 Å². The zero-order valence-corrected chi connectivity index (χ0v) is 21.8. The molecule has 0 saturated heterocycles. The fourth-order valence-corrected chi connectivity index (χ4v) is 4.03. The van der Waals surface area contributed by atoms with Crippen molar-refractivity contribution in [3.05, 3.63) is 36.5 Å². The van der Waals surface area contributed by atoms with Gasteiger partial charge in [0, 0.05) is 43.1 Å². The quantitative estimate of drug-likeness (QED) is 0.297. The topological polar surface area (TPSA) is 162 Å². The Morgan fingerprint density at radius 1 is 1.18 bits per heavy atom. The van der Waals surface area contributed by atoms with E-state index in [1.165, 1.54) is 25.3 Å². The zero-order valence-electron chi connectivity index (χ0n) is 21.0. The van der Waals surface area contributed by atoms with Crippen LogP contribution in [0.25, 0.3) is 11.3 Å². The summed E-state index contributed by atoms with van der Waals surface area (Å²) in [5.74, 6) is 0.435. The molecule has 0 spiro atoms. The molecule has 1 amide bonds. The second-order valence-electron chi connectivity index (χ2n) is 9.22. The van der Waals surface area contributed by atoms with E-state index in [0.717, 1.165) is 12.3 Å². The number of pyridine rings is 3. The van der Waals surface area contributed by atoms with Crippen LogP contribution in [0.3, 0.4) is 0 Å². The number of aliphatic hydroxyl groups is 1. The van der Waals surface area contributed by atoms with Crippen molar-refractivity contribution in [2.45, 2.75) is 37.0 Å². The molecule has 194 valence electrons. The van der Waals surface area contributed by atoms with Gasteiger partial charge in [0.2, 0.25) is 5.91 Å². The van der Waals surface area contributed by atoms with Gasteiger partial charge in [0.25, 0.3) is 5.88 Å². The summed E-state index contributed by atoms with van der Waals surface area (Å²) >= 11 is 0. The molecule has 3 aromatic rings. The van der Waals surface area contributed by atoms with Gasteiger partial charge in [-0.05, 0) is 26.0 Å². The Bertz CT molecular complexity index is 1510. The largest absolute Gasteiger partial charge is 0.484 e. The summed E-state index contributed by atoms with van der Waals surface area (Å²) in [5, 5.41) is 14.9. The lowest BCUT2D eigenvalue weighted by atomic mass is 9.76. The third-order valence-corrected chi connectivity index (χ3v) is 5.93. The Morgan fingerprint density at radius 3 is 2.58 bits per heavy atom. The number of carbonyl (C=O) groups is 1. The third-order valence-electron chi connectivity index (χ3n) is 4.96. The molecule has 0 aliphatic carbocycles. The monoisotopic (exact) mass is 535 g/mol. The molecule has 12 nitrogen and oxygen atoms in total. The minimum Gasteiger partial charge on any atom is -0.484 e. The molecule has 15 heteroatoms. The number of fused-ring (bicyclic) bond motifs is 1. The predicted octanol–water partition coefficient (Wildman–Crippen LogP) is 1.51. The summed E-state index contributed by atoms with van der Waals surface area (Å²) in [6.45, 7) is 5.42. The number of rotatable bonds is 7. The molecule has 0 saturated carbocycles. The van der Waals surface area contributed by atoms with E-state index in [1.54, 1.807) is 12.1 Å². The van der Waals surface area contributed by atoms with Crippen molar-refractivity contribution in [1.82, 2.24) is 15.0 Å². The van der Waals surface area contributed by atoms with Gasteiger partial charge >= 0.3 is 0 Å². The Kier molecular flexibility index (Phi) is 7.01. The molecule has 0 atom stereocenters. The van der Waals surface area contributed by atoms with Gasteiger partial charge in [0.15, 0.2) is 36.3 Å². The lowest BCUT2D eigenvalue weighted by Crippen LogP contribution is -2.39. The van der Waals surface area contributed by atoms with E-state index in [9.17, 15) is 18.3 Å².